The van der Waals surface area contributed by atoms with Crippen LogP contribution in [0.5, 0.6) is 0 Å². The molecule has 1 heterocycles. The van der Waals surface area contributed by atoms with Crippen molar-refractivity contribution in [2.24, 2.45) is 0 Å². The van der Waals surface area contributed by atoms with Gasteiger partial charge in [-0.05, 0) is 53.5 Å². The number of benzene rings is 3. The van der Waals surface area contributed by atoms with Gasteiger partial charge in [0.2, 0.25) is 16.5 Å². The van der Waals surface area contributed by atoms with Gasteiger partial charge in [-0.2, -0.15) is 15.0 Å². The van der Waals surface area contributed by atoms with Gasteiger partial charge in [-0.25, -0.2) is 8.42 Å². The summed E-state index contributed by atoms with van der Waals surface area (Å²) in [5.74, 6) is -1.10. The first-order valence-electron chi connectivity index (χ1n) is 10.3. The molecule has 11 nitrogen and oxygen atoms in total. The maximum absolute atomic E-state index is 13.4. The lowest BCUT2D eigenvalue weighted by Gasteiger charge is -2.25. The molecule has 4 aromatic rings. The van der Waals surface area contributed by atoms with E-state index in [4.69, 9.17) is 28.9 Å². The molecule has 14 heteroatoms. The molecular formula is C23H13Cl2N6O5S-. The van der Waals surface area contributed by atoms with E-state index < -0.39 is 32.3 Å². The number of nitrogen functional groups attached to an aromatic ring is 1. The number of carbonyl (C=O) groups excluding carboxylic acids is 2. The Balaban J connectivity index is 1.56. The van der Waals surface area contributed by atoms with Gasteiger partial charge in [0.05, 0.1) is 27.4 Å². The zero-order chi connectivity index (χ0) is 26.5. The van der Waals surface area contributed by atoms with Crippen LogP contribution in [0, 0.1) is 0 Å². The highest BCUT2D eigenvalue weighted by Gasteiger charge is 2.35. The first-order chi connectivity index (χ1) is 17.5. The predicted molar refractivity (Wildman–Crippen MR) is 135 cm³/mol. The highest BCUT2D eigenvalue weighted by Crippen LogP contribution is 2.40. The largest absolute Gasteiger partial charge is 0.744 e. The lowest BCUT2D eigenvalue weighted by molar-refractivity contribution is 0.0980. The van der Waals surface area contributed by atoms with Crippen LogP contribution in [-0.2, 0) is 10.1 Å². The van der Waals surface area contributed by atoms with Crippen molar-refractivity contribution in [3.05, 3.63) is 87.4 Å². The van der Waals surface area contributed by atoms with Crippen LogP contribution < -0.4 is 16.4 Å². The van der Waals surface area contributed by atoms with Crippen LogP contribution in [0.2, 0.25) is 10.6 Å². The third-order valence-corrected chi connectivity index (χ3v) is 6.68. The average molecular weight is 556 g/mol. The van der Waals surface area contributed by atoms with Crippen molar-refractivity contribution in [3.63, 3.8) is 0 Å². The maximum Gasteiger partial charge on any atom is 0.232 e. The van der Waals surface area contributed by atoms with E-state index in [2.05, 4.69) is 25.6 Å². The average Bonchev–Trinajstić information content (AvgIpc) is 2.83. The van der Waals surface area contributed by atoms with Crippen LogP contribution in [0.3, 0.4) is 0 Å². The highest BCUT2D eigenvalue weighted by molar-refractivity contribution is 7.86. The van der Waals surface area contributed by atoms with Gasteiger partial charge in [-0.1, -0.05) is 24.3 Å². The van der Waals surface area contributed by atoms with Gasteiger partial charge in [0.25, 0.3) is 0 Å². The SMILES string of the molecule is Nc1c(S(=O)(=O)[O-])cc(Nc2ccc(Nc3nc(Cl)nc(Cl)n3)cc2)c2c1C(=O)c1ccccc1C2=O. The molecule has 0 radical (unpaired) electrons. The fraction of sp³-hybridized carbons (Fsp3) is 0. The Morgan fingerprint density at radius 1 is 0.784 bits per heavy atom. The zero-order valence-electron chi connectivity index (χ0n) is 18.3. The highest BCUT2D eigenvalue weighted by atomic mass is 35.5. The van der Waals surface area contributed by atoms with Gasteiger partial charge in [-0.3, -0.25) is 9.59 Å². The second kappa shape index (κ2) is 9.09. The van der Waals surface area contributed by atoms with Crippen molar-refractivity contribution in [1.82, 2.24) is 15.0 Å². The molecule has 5 rings (SSSR count). The number of nitrogens with one attached hydrogen (secondary N) is 2. The van der Waals surface area contributed by atoms with Crippen molar-refractivity contribution >= 4 is 73.6 Å². The van der Waals surface area contributed by atoms with Gasteiger partial charge in [0.15, 0.2) is 11.6 Å². The Labute approximate surface area is 219 Å². The molecule has 1 aliphatic rings. The lowest BCUT2D eigenvalue weighted by atomic mass is 9.82. The van der Waals surface area contributed by atoms with E-state index in [-0.39, 0.29) is 44.5 Å². The summed E-state index contributed by atoms with van der Waals surface area (Å²) in [7, 11) is -5.08. The number of nitrogens with two attached hydrogens (primary N) is 1. The third-order valence-electron chi connectivity index (χ3n) is 5.47. The quantitative estimate of drug-likeness (QED) is 0.211. The topological polar surface area (TPSA) is 180 Å². The summed E-state index contributed by atoms with van der Waals surface area (Å²) >= 11 is 11.6. The molecule has 0 bridgehead atoms. The molecule has 0 fully saturated rings. The molecule has 0 unspecified atom stereocenters. The zero-order valence-corrected chi connectivity index (χ0v) is 20.6. The van der Waals surface area contributed by atoms with Crippen molar-refractivity contribution in [1.29, 1.82) is 0 Å². The minimum absolute atomic E-state index is 0.0621. The standard InChI is InChI=1S/C23H14Cl2N6O5S/c24-21-29-22(25)31-23(30-21)28-11-7-5-10(6-8-11)27-14-9-15(37(34,35)36)18(26)17-16(14)19(32)12-3-1-2-4-13(12)20(17)33/h1-9,27H,26H2,(H,34,35,36)(H,28,29,30,31)/p-1. The smallest absolute Gasteiger partial charge is 0.232 e. The van der Waals surface area contributed by atoms with E-state index in [1.807, 2.05) is 0 Å². The summed E-state index contributed by atoms with van der Waals surface area (Å²) in [5.41, 5.74) is 5.97. The first kappa shape index (κ1) is 24.6. The molecule has 0 atom stereocenters. The van der Waals surface area contributed by atoms with Crippen LogP contribution in [0.1, 0.15) is 31.8 Å². The minimum atomic E-state index is -5.08. The fourth-order valence-electron chi connectivity index (χ4n) is 3.90. The number of aromatic nitrogens is 3. The molecule has 0 saturated carbocycles. The molecule has 3 aromatic carbocycles. The van der Waals surface area contributed by atoms with Gasteiger partial charge in [0, 0.05) is 22.5 Å². The van der Waals surface area contributed by atoms with E-state index in [0.717, 1.165) is 6.07 Å². The molecule has 0 saturated heterocycles. The Bertz CT molecular complexity index is 1710. The molecule has 0 amide bonds. The predicted octanol–water partition coefficient (Wildman–Crippen LogP) is 3.93. The first-order valence-corrected chi connectivity index (χ1v) is 12.5. The van der Waals surface area contributed by atoms with Crippen LogP contribution in [0.4, 0.5) is 28.7 Å². The van der Waals surface area contributed by atoms with Gasteiger partial charge in [-0.15, -0.1) is 0 Å². The third kappa shape index (κ3) is 4.58. The van der Waals surface area contributed by atoms with E-state index >= 15 is 0 Å². The number of nitrogens with zero attached hydrogens (tertiary/aromatic N) is 3. The lowest BCUT2D eigenvalue weighted by Crippen LogP contribution is -2.25. The molecule has 1 aromatic heterocycles. The summed E-state index contributed by atoms with van der Waals surface area (Å²) in [6.07, 6.45) is 0. The van der Waals surface area contributed by atoms with Crippen LogP contribution in [0.25, 0.3) is 0 Å². The van der Waals surface area contributed by atoms with E-state index in [1.54, 1.807) is 36.4 Å². The summed E-state index contributed by atoms with van der Waals surface area (Å²) in [5, 5.41) is 5.62. The summed E-state index contributed by atoms with van der Waals surface area (Å²) in [6, 6.07) is 13.4. The number of rotatable bonds is 5. The molecule has 1 aliphatic carbocycles. The Kier molecular flexibility index (Phi) is 6.04. The Morgan fingerprint density at radius 2 is 1.30 bits per heavy atom. The van der Waals surface area contributed by atoms with Crippen molar-refractivity contribution in [2.45, 2.75) is 4.90 Å². The molecular weight excluding hydrogens is 543 g/mol. The van der Waals surface area contributed by atoms with Gasteiger partial charge in [0.1, 0.15) is 10.1 Å². The van der Waals surface area contributed by atoms with Crippen LogP contribution >= 0.6 is 23.2 Å². The van der Waals surface area contributed by atoms with Gasteiger partial charge < -0.3 is 20.9 Å². The Hall–Kier alpha value is -4.10. The van der Waals surface area contributed by atoms with Crippen LogP contribution in [0.15, 0.2) is 59.5 Å². The van der Waals surface area contributed by atoms with E-state index in [0.29, 0.717) is 11.4 Å². The second-order valence-corrected chi connectivity index (χ2v) is 9.79. The monoisotopic (exact) mass is 555 g/mol. The number of halogens is 2. The summed E-state index contributed by atoms with van der Waals surface area (Å²) in [6.45, 7) is 0. The molecule has 37 heavy (non-hydrogen) atoms. The summed E-state index contributed by atoms with van der Waals surface area (Å²) < 4.78 is 35.8. The normalized spacial score (nSPS) is 12.6. The molecule has 186 valence electrons. The minimum Gasteiger partial charge on any atom is -0.744 e. The van der Waals surface area contributed by atoms with Crippen molar-refractivity contribution in [3.8, 4) is 0 Å². The molecule has 0 spiro atoms. The van der Waals surface area contributed by atoms with Crippen LogP contribution in [-0.4, -0.2) is 39.5 Å². The number of fused-ring (bicyclic) bond motifs is 2. The van der Waals surface area contributed by atoms with E-state index in [1.165, 1.54) is 12.1 Å². The number of ketones is 2. The van der Waals surface area contributed by atoms with Crippen molar-refractivity contribution in [2.75, 3.05) is 16.4 Å². The number of carbonyl (C=O) groups is 2. The number of anilines is 5. The van der Waals surface area contributed by atoms with E-state index in [9.17, 15) is 22.6 Å². The molecule has 0 aliphatic heterocycles. The second-order valence-electron chi connectivity index (χ2n) is 7.77. The van der Waals surface area contributed by atoms with Crippen molar-refractivity contribution < 1.29 is 22.6 Å². The number of hydrogen-bond acceptors (Lipinski definition) is 11. The molecule has 4 N–H and O–H groups in total. The number of hydrogen-bond donors (Lipinski definition) is 3. The summed E-state index contributed by atoms with van der Waals surface area (Å²) in [4.78, 5) is 37.3. The fourth-order valence-corrected chi connectivity index (χ4v) is 4.90. The maximum atomic E-state index is 13.4. The van der Waals surface area contributed by atoms with Gasteiger partial charge >= 0.3 is 0 Å². The Morgan fingerprint density at radius 3 is 1.84 bits per heavy atom.